The molecule has 0 spiro atoms. The first-order chi connectivity index (χ1) is 8.99. The van der Waals surface area contributed by atoms with Crippen LogP contribution >= 0.6 is 0 Å². The molecule has 6 heteroatoms. The molecule has 0 saturated heterocycles. The van der Waals surface area contributed by atoms with Crippen molar-refractivity contribution in [3.05, 3.63) is 34.9 Å². The zero-order chi connectivity index (χ0) is 13.9. The van der Waals surface area contributed by atoms with E-state index in [2.05, 4.69) is 17.6 Å². The minimum atomic E-state index is -2.91. The normalized spacial score (nSPS) is 16.3. The summed E-state index contributed by atoms with van der Waals surface area (Å²) in [7, 11) is -2.91. The summed E-state index contributed by atoms with van der Waals surface area (Å²) in [4.78, 5) is 0. The molecule has 0 saturated carbocycles. The molecule has 0 amide bonds. The summed E-state index contributed by atoms with van der Waals surface area (Å²) in [6.07, 6.45) is 2.55. The van der Waals surface area contributed by atoms with Crippen LogP contribution in [0.3, 0.4) is 0 Å². The van der Waals surface area contributed by atoms with Crippen LogP contribution in [0.5, 0.6) is 0 Å². The second-order valence-corrected chi connectivity index (χ2v) is 7.27. The summed E-state index contributed by atoms with van der Waals surface area (Å²) in [5, 5.41) is 0. The van der Waals surface area contributed by atoms with Gasteiger partial charge in [0.15, 0.2) is 0 Å². The third-order valence-corrected chi connectivity index (χ3v) is 4.39. The summed E-state index contributed by atoms with van der Waals surface area (Å²) in [5.74, 6) is 5.76. The minimum Gasteiger partial charge on any atom is -0.372 e. The smallest absolute Gasteiger partial charge is 0.147 e. The molecule has 1 aromatic carbocycles. The van der Waals surface area contributed by atoms with Crippen LogP contribution in [-0.4, -0.2) is 20.4 Å². The van der Waals surface area contributed by atoms with Crippen LogP contribution in [0.25, 0.3) is 0 Å². The lowest BCUT2D eigenvalue weighted by Gasteiger charge is -2.17. The van der Waals surface area contributed by atoms with Crippen LogP contribution in [0, 0.1) is 0 Å². The van der Waals surface area contributed by atoms with Crippen LogP contribution in [0.1, 0.15) is 35.6 Å². The van der Waals surface area contributed by atoms with Gasteiger partial charge in [0.25, 0.3) is 0 Å². The van der Waals surface area contributed by atoms with Gasteiger partial charge in [0.05, 0.1) is 13.2 Å². The monoisotopic (exact) mass is 284 g/mol. The van der Waals surface area contributed by atoms with E-state index in [1.165, 1.54) is 17.4 Å². The number of benzene rings is 1. The number of hydrogen-bond donors (Lipinski definition) is 2. The minimum absolute atomic E-state index is 0.0207. The van der Waals surface area contributed by atoms with Crippen LogP contribution in [-0.2, 0) is 27.8 Å². The van der Waals surface area contributed by atoms with E-state index in [1.807, 2.05) is 6.07 Å². The van der Waals surface area contributed by atoms with Crippen LogP contribution in [0.2, 0.25) is 0 Å². The van der Waals surface area contributed by atoms with E-state index >= 15 is 0 Å². The van der Waals surface area contributed by atoms with Gasteiger partial charge in [-0.15, -0.1) is 0 Å². The van der Waals surface area contributed by atoms with Gasteiger partial charge in [0.1, 0.15) is 9.84 Å². The lowest BCUT2D eigenvalue weighted by Crippen LogP contribution is -2.28. The second kappa shape index (κ2) is 6.00. The van der Waals surface area contributed by atoms with Gasteiger partial charge in [-0.25, -0.2) is 8.42 Å². The molecule has 0 radical (unpaired) electrons. The Hall–Kier alpha value is -0.950. The van der Waals surface area contributed by atoms with Crippen molar-refractivity contribution in [2.24, 2.45) is 5.84 Å². The second-order valence-electron chi connectivity index (χ2n) is 5.01. The first kappa shape index (κ1) is 14.5. The van der Waals surface area contributed by atoms with Gasteiger partial charge >= 0.3 is 0 Å². The van der Waals surface area contributed by atoms with Crippen molar-refractivity contribution in [3.63, 3.8) is 0 Å². The van der Waals surface area contributed by atoms with Gasteiger partial charge in [-0.2, -0.15) is 0 Å². The molecule has 0 aliphatic carbocycles. The van der Waals surface area contributed by atoms with Crippen molar-refractivity contribution in [2.45, 2.75) is 32.1 Å². The molecule has 1 aliphatic rings. The molecule has 0 bridgehead atoms. The molecule has 0 fully saturated rings. The number of fused-ring (bicyclic) bond motifs is 1. The Bertz CT molecular complexity index is 543. The third kappa shape index (κ3) is 4.01. The van der Waals surface area contributed by atoms with Crippen molar-refractivity contribution < 1.29 is 13.2 Å². The van der Waals surface area contributed by atoms with Crippen molar-refractivity contribution >= 4 is 9.84 Å². The summed E-state index contributed by atoms with van der Waals surface area (Å²) in [6.45, 7) is 1.31. The summed E-state index contributed by atoms with van der Waals surface area (Å²) >= 11 is 0. The maximum atomic E-state index is 11.1. The molecule has 1 aromatic rings. The number of hydrogen-bond acceptors (Lipinski definition) is 5. The third-order valence-electron chi connectivity index (χ3n) is 3.36. The molecular formula is C13H20N2O3S. The van der Waals surface area contributed by atoms with E-state index in [4.69, 9.17) is 10.6 Å². The molecule has 3 N–H and O–H groups in total. The largest absolute Gasteiger partial charge is 0.372 e. The van der Waals surface area contributed by atoms with Gasteiger partial charge in [-0.05, 0) is 29.5 Å². The Morgan fingerprint density at radius 1 is 1.37 bits per heavy atom. The molecule has 1 atom stereocenters. The maximum absolute atomic E-state index is 11.1. The molecular weight excluding hydrogens is 264 g/mol. The maximum Gasteiger partial charge on any atom is 0.147 e. The van der Waals surface area contributed by atoms with Gasteiger partial charge in [-0.3, -0.25) is 11.3 Å². The Kier molecular flexibility index (Phi) is 4.57. The van der Waals surface area contributed by atoms with E-state index in [-0.39, 0.29) is 11.8 Å². The molecule has 106 valence electrons. The van der Waals surface area contributed by atoms with E-state index in [9.17, 15) is 8.42 Å². The summed E-state index contributed by atoms with van der Waals surface area (Å²) in [6, 6.07) is 6.15. The lowest BCUT2D eigenvalue weighted by molar-refractivity contribution is 0.134. The molecule has 1 heterocycles. The van der Waals surface area contributed by atoms with E-state index in [0.717, 1.165) is 5.56 Å². The summed E-state index contributed by atoms with van der Waals surface area (Å²) < 4.78 is 27.6. The van der Waals surface area contributed by atoms with Crippen LogP contribution < -0.4 is 11.3 Å². The van der Waals surface area contributed by atoms with Gasteiger partial charge in [0.2, 0.25) is 0 Å². The SMILES string of the molecule is CS(=O)(=O)CCCC(NN)c1ccc2c(c1)COC2. The number of sulfone groups is 1. The van der Waals surface area contributed by atoms with Crippen LogP contribution in [0.4, 0.5) is 0 Å². The Morgan fingerprint density at radius 3 is 2.79 bits per heavy atom. The van der Waals surface area contributed by atoms with Gasteiger partial charge < -0.3 is 4.74 Å². The zero-order valence-electron chi connectivity index (χ0n) is 11.1. The van der Waals surface area contributed by atoms with E-state index < -0.39 is 9.84 Å². The predicted octanol–water partition coefficient (Wildman–Crippen LogP) is 1.05. The average molecular weight is 284 g/mol. The van der Waals surface area contributed by atoms with Gasteiger partial charge in [-0.1, -0.05) is 18.2 Å². The lowest BCUT2D eigenvalue weighted by atomic mass is 9.99. The Morgan fingerprint density at radius 2 is 2.11 bits per heavy atom. The first-order valence-corrected chi connectivity index (χ1v) is 8.39. The Balaban J connectivity index is 2.01. The zero-order valence-corrected chi connectivity index (χ0v) is 11.9. The topological polar surface area (TPSA) is 81.4 Å². The highest BCUT2D eigenvalue weighted by Gasteiger charge is 2.16. The number of nitrogens with one attached hydrogen (secondary N) is 1. The first-order valence-electron chi connectivity index (χ1n) is 6.33. The van der Waals surface area contributed by atoms with Crippen molar-refractivity contribution in [1.29, 1.82) is 0 Å². The summed E-state index contributed by atoms with van der Waals surface area (Å²) in [5.41, 5.74) is 6.26. The molecule has 0 aromatic heterocycles. The number of hydrazine groups is 1. The van der Waals surface area contributed by atoms with Gasteiger partial charge in [0, 0.05) is 18.1 Å². The van der Waals surface area contributed by atoms with Crippen LogP contribution in [0.15, 0.2) is 18.2 Å². The quantitative estimate of drug-likeness (QED) is 0.603. The van der Waals surface area contributed by atoms with E-state index in [1.54, 1.807) is 0 Å². The number of rotatable bonds is 6. The van der Waals surface area contributed by atoms with Crippen molar-refractivity contribution in [1.82, 2.24) is 5.43 Å². The fourth-order valence-electron chi connectivity index (χ4n) is 2.30. The highest BCUT2D eigenvalue weighted by atomic mass is 32.2. The number of nitrogens with two attached hydrogens (primary N) is 1. The molecule has 5 nitrogen and oxygen atoms in total. The van der Waals surface area contributed by atoms with E-state index in [0.29, 0.717) is 26.1 Å². The highest BCUT2D eigenvalue weighted by molar-refractivity contribution is 7.90. The average Bonchev–Trinajstić information content (AvgIpc) is 2.80. The Labute approximate surface area is 114 Å². The van der Waals surface area contributed by atoms with Crippen molar-refractivity contribution in [3.8, 4) is 0 Å². The van der Waals surface area contributed by atoms with Crippen molar-refractivity contribution in [2.75, 3.05) is 12.0 Å². The molecule has 1 unspecified atom stereocenters. The standard InChI is InChI=1S/C13H20N2O3S/c1-19(16,17)6-2-3-13(15-14)10-4-5-11-8-18-9-12(11)7-10/h4-5,7,13,15H,2-3,6,8-9,14H2,1H3. The highest BCUT2D eigenvalue weighted by Crippen LogP contribution is 2.25. The molecule has 19 heavy (non-hydrogen) atoms. The molecule has 1 aliphatic heterocycles. The number of ether oxygens (including phenoxy) is 1. The molecule has 2 rings (SSSR count). The predicted molar refractivity (Wildman–Crippen MR) is 73.9 cm³/mol. The fraction of sp³-hybridized carbons (Fsp3) is 0.538. The fourth-order valence-corrected chi connectivity index (χ4v) is 3.00.